The summed E-state index contributed by atoms with van der Waals surface area (Å²) in [7, 11) is 14.9. The van der Waals surface area contributed by atoms with Crippen molar-refractivity contribution >= 4 is 15.7 Å². The summed E-state index contributed by atoms with van der Waals surface area (Å²) in [5, 5.41) is 8.25. The summed E-state index contributed by atoms with van der Waals surface area (Å²) >= 11 is 0. The molecule has 134 valence electrons. The van der Waals surface area contributed by atoms with Crippen molar-refractivity contribution in [3.8, 4) is 0 Å². The quantitative estimate of drug-likeness (QED) is 0.581. The molecule has 2 saturated heterocycles. The van der Waals surface area contributed by atoms with Crippen molar-refractivity contribution in [2.24, 2.45) is 0 Å². The minimum absolute atomic E-state index is 0.0247. The molecule has 3 heterocycles. The lowest BCUT2D eigenvalue weighted by molar-refractivity contribution is -0.0679. The summed E-state index contributed by atoms with van der Waals surface area (Å²) in [5.41, 5.74) is 0.803. The molecule has 2 aliphatic rings. The Balaban J connectivity index is 1.50. The summed E-state index contributed by atoms with van der Waals surface area (Å²) < 4.78 is 29.3. The molecule has 0 unspecified atom stereocenters. The zero-order chi connectivity index (χ0) is 17.8. The zero-order valence-corrected chi connectivity index (χ0v) is 14.6. The Labute approximate surface area is 150 Å². The van der Waals surface area contributed by atoms with Crippen molar-refractivity contribution in [3.63, 3.8) is 0 Å². The predicted molar refractivity (Wildman–Crippen MR) is 89.3 cm³/mol. The van der Waals surface area contributed by atoms with Crippen molar-refractivity contribution in [1.29, 1.82) is 0 Å². The van der Waals surface area contributed by atoms with E-state index in [9.17, 15) is 0 Å². The number of methoxy groups -OCH3 is 2. The summed E-state index contributed by atoms with van der Waals surface area (Å²) in [4.78, 5) is 0. The monoisotopic (exact) mass is 347 g/mol. The van der Waals surface area contributed by atoms with E-state index < -0.39 is 0 Å². The Morgan fingerprint density at radius 3 is 2.60 bits per heavy atom. The lowest BCUT2D eigenvalue weighted by Gasteiger charge is -2.18. The van der Waals surface area contributed by atoms with Crippen LogP contribution in [0.25, 0.3) is 0 Å². The van der Waals surface area contributed by atoms with E-state index in [-0.39, 0.29) is 43.2 Å². The molecule has 6 atom stereocenters. The van der Waals surface area contributed by atoms with Crippen molar-refractivity contribution in [2.45, 2.75) is 62.4 Å². The fourth-order valence-corrected chi connectivity index (χ4v) is 3.28. The standard InChI is InChI=1S/C15H23B2N3O5/c1-21-7-13-11(5-15(17)25-13)23-8-20-6-9(18-19-20)3-12-10(22-2)4-14(16)24-12/h6,10-15H,3-5,7-8H2,1-2H3/t10-,11-,12-,13-,14-,15-/m1/s1. The number of hydrogen-bond acceptors (Lipinski definition) is 7. The molecule has 4 radical (unpaired) electrons. The van der Waals surface area contributed by atoms with Gasteiger partial charge in [0.05, 0.1) is 36.8 Å². The van der Waals surface area contributed by atoms with E-state index in [1.54, 1.807) is 18.9 Å². The van der Waals surface area contributed by atoms with Crippen LogP contribution < -0.4 is 0 Å². The Hall–Kier alpha value is -0.930. The normalized spacial score (nSPS) is 35.4. The highest BCUT2D eigenvalue weighted by Crippen LogP contribution is 2.24. The molecule has 25 heavy (non-hydrogen) atoms. The number of rotatable bonds is 8. The molecule has 10 heteroatoms. The SMILES string of the molecule is [B][C@H]1C[C@@H](OC)[C@@H](Cc2cn(CO[C@@H]3C[C@H]([B])O[C@@H]3COC)nn2)O1. The maximum Gasteiger partial charge on any atom is 0.141 e. The van der Waals surface area contributed by atoms with Crippen LogP contribution in [0.4, 0.5) is 0 Å². The van der Waals surface area contributed by atoms with Gasteiger partial charge in [0, 0.05) is 32.6 Å². The predicted octanol–water partition coefficient (Wildman–Crippen LogP) is -0.608. The van der Waals surface area contributed by atoms with Crippen LogP contribution in [-0.4, -0.2) is 87.9 Å². The van der Waals surface area contributed by atoms with Crippen LogP contribution >= 0.6 is 0 Å². The molecular weight excluding hydrogens is 324 g/mol. The van der Waals surface area contributed by atoms with Gasteiger partial charge in [-0.2, -0.15) is 0 Å². The van der Waals surface area contributed by atoms with Crippen LogP contribution in [0.5, 0.6) is 0 Å². The van der Waals surface area contributed by atoms with E-state index in [0.29, 0.717) is 25.9 Å². The highest BCUT2D eigenvalue weighted by Gasteiger charge is 2.34. The first-order chi connectivity index (χ1) is 12.1. The van der Waals surface area contributed by atoms with Gasteiger partial charge in [-0.1, -0.05) is 5.21 Å². The third-order valence-corrected chi connectivity index (χ3v) is 4.51. The first kappa shape index (κ1) is 18.8. The first-order valence-electron chi connectivity index (χ1n) is 8.43. The smallest absolute Gasteiger partial charge is 0.141 e. The highest BCUT2D eigenvalue weighted by molar-refractivity contribution is 6.11. The lowest BCUT2D eigenvalue weighted by atomic mass is 9.95. The van der Waals surface area contributed by atoms with Crippen LogP contribution in [0.2, 0.25) is 0 Å². The molecule has 8 nitrogen and oxygen atoms in total. The van der Waals surface area contributed by atoms with Gasteiger partial charge in [-0.3, -0.25) is 0 Å². The first-order valence-corrected chi connectivity index (χ1v) is 8.43. The molecule has 0 aliphatic carbocycles. The van der Waals surface area contributed by atoms with Crippen molar-refractivity contribution in [3.05, 3.63) is 11.9 Å². The second kappa shape index (κ2) is 8.64. The summed E-state index contributed by atoms with van der Waals surface area (Å²) in [6.45, 7) is 0.714. The average molecular weight is 347 g/mol. The van der Waals surface area contributed by atoms with Crippen LogP contribution in [0.1, 0.15) is 18.5 Å². The van der Waals surface area contributed by atoms with Crippen LogP contribution in [0.3, 0.4) is 0 Å². The maximum absolute atomic E-state index is 5.87. The molecule has 0 aromatic carbocycles. The van der Waals surface area contributed by atoms with E-state index >= 15 is 0 Å². The van der Waals surface area contributed by atoms with Gasteiger partial charge in [0.2, 0.25) is 0 Å². The number of ether oxygens (including phenoxy) is 5. The Morgan fingerprint density at radius 2 is 1.88 bits per heavy atom. The minimum Gasteiger partial charge on any atom is -0.382 e. The van der Waals surface area contributed by atoms with Crippen molar-refractivity contribution in [1.82, 2.24) is 15.0 Å². The van der Waals surface area contributed by atoms with Gasteiger partial charge in [0.15, 0.2) is 0 Å². The molecule has 0 spiro atoms. The molecule has 0 N–H and O–H groups in total. The molecule has 2 aliphatic heterocycles. The summed E-state index contributed by atoms with van der Waals surface area (Å²) in [5.74, 6) is 0. The Bertz CT molecular complexity index is 549. The summed E-state index contributed by atoms with van der Waals surface area (Å²) in [6, 6.07) is -0.622. The minimum atomic E-state index is -0.328. The Morgan fingerprint density at radius 1 is 1.16 bits per heavy atom. The van der Waals surface area contributed by atoms with E-state index in [1.807, 2.05) is 6.20 Å². The number of aromatic nitrogens is 3. The van der Waals surface area contributed by atoms with Gasteiger partial charge < -0.3 is 23.7 Å². The van der Waals surface area contributed by atoms with Crippen LogP contribution in [0, 0.1) is 0 Å². The van der Waals surface area contributed by atoms with Crippen molar-refractivity contribution < 1.29 is 23.7 Å². The molecule has 0 bridgehead atoms. The van der Waals surface area contributed by atoms with Gasteiger partial charge in [-0.25, -0.2) is 4.68 Å². The molecule has 0 amide bonds. The third kappa shape index (κ3) is 4.83. The van der Waals surface area contributed by atoms with E-state index in [4.69, 9.17) is 39.4 Å². The second-order valence-corrected chi connectivity index (χ2v) is 6.41. The molecule has 1 aromatic rings. The second-order valence-electron chi connectivity index (χ2n) is 6.41. The maximum atomic E-state index is 5.87. The zero-order valence-electron chi connectivity index (χ0n) is 14.6. The fraction of sp³-hybridized carbons (Fsp3) is 0.867. The van der Waals surface area contributed by atoms with Crippen molar-refractivity contribution in [2.75, 3.05) is 20.8 Å². The van der Waals surface area contributed by atoms with Gasteiger partial charge >= 0.3 is 0 Å². The summed E-state index contributed by atoms with van der Waals surface area (Å²) in [6.07, 6.45) is 3.30. The fourth-order valence-electron chi connectivity index (χ4n) is 3.28. The van der Waals surface area contributed by atoms with Gasteiger partial charge in [0.1, 0.15) is 28.5 Å². The van der Waals surface area contributed by atoms with Crippen LogP contribution in [0.15, 0.2) is 6.20 Å². The van der Waals surface area contributed by atoms with E-state index in [0.717, 1.165) is 5.69 Å². The lowest BCUT2D eigenvalue weighted by Crippen LogP contribution is -2.29. The third-order valence-electron chi connectivity index (χ3n) is 4.51. The highest BCUT2D eigenvalue weighted by atomic mass is 16.6. The molecular formula is C15H23B2N3O5. The number of nitrogens with zero attached hydrogens (tertiary/aromatic N) is 3. The molecule has 3 rings (SSSR count). The Kier molecular flexibility index (Phi) is 6.51. The van der Waals surface area contributed by atoms with Gasteiger partial charge in [-0.05, 0) is 12.8 Å². The molecule has 2 fully saturated rings. The topological polar surface area (TPSA) is 76.9 Å². The number of hydrogen-bond donors (Lipinski definition) is 0. The molecule has 0 saturated carbocycles. The van der Waals surface area contributed by atoms with Crippen LogP contribution in [-0.2, 0) is 36.8 Å². The van der Waals surface area contributed by atoms with E-state index in [1.165, 1.54) is 0 Å². The largest absolute Gasteiger partial charge is 0.382 e. The van der Waals surface area contributed by atoms with Gasteiger partial charge in [0.25, 0.3) is 0 Å². The molecule has 1 aromatic heterocycles. The van der Waals surface area contributed by atoms with E-state index in [2.05, 4.69) is 10.3 Å². The average Bonchev–Trinajstić information content (AvgIpc) is 3.26. The van der Waals surface area contributed by atoms with Gasteiger partial charge in [-0.15, -0.1) is 5.10 Å².